The molecule has 184 valence electrons. The molecule has 1 aliphatic heterocycles. The zero-order valence-electron chi connectivity index (χ0n) is 20.2. The summed E-state index contributed by atoms with van der Waals surface area (Å²) in [6.07, 6.45) is 0.752. The van der Waals surface area contributed by atoms with Crippen molar-refractivity contribution in [3.63, 3.8) is 0 Å². The topological polar surface area (TPSA) is 130 Å². The average Bonchev–Trinajstić information content (AvgIpc) is 2.79. The summed E-state index contributed by atoms with van der Waals surface area (Å²) in [7, 11) is 0. The van der Waals surface area contributed by atoms with E-state index >= 15 is 0 Å². The zero-order valence-corrected chi connectivity index (χ0v) is 20.2. The number of pyridine rings is 1. The number of hydrogen-bond donors (Lipinski definition) is 1. The Balaban J connectivity index is 2.45. The van der Waals surface area contributed by atoms with E-state index in [1.165, 1.54) is 20.0 Å². The Morgan fingerprint density at radius 3 is 1.76 bits per heavy atom. The molecule has 2 atom stereocenters. The van der Waals surface area contributed by atoms with Crippen molar-refractivity contribution in [1.82, 2.24) is 10.3 Å². The highest BCUT2D eigenvalue weighted by atomic mass is 16.6. The van der Waals surface area contributed by atoms with Gasteiger partial charge in [-0.25, -0.2) is 19.2 Å². The second-order valence-corrected chi connectivity index (χ2v) is 7.52. The molecule has 1 aromatic heterocycles. The number of aromatic nitrogens is 1. The van der Waals surface area contributed by atoms with Gasteiger partial charge in [0.05, 0.1) is 30.3 Å². The molecule has 0 aliphatic carbocycles. The normalized spacial score (nSPS) is 15.7. The van der Waals surface area contributed by atoms with Crippen LogP contribution in [0, 0.1) is 0 Å². The van der Waals surface area contributed by atoms with E-state index in [1.54, 1.807) is 46.0 Å². The number of ether oxygens (including phenoxy) is 4. The van der Waals surface area contributed by atoms with Crippen molar-refractivity contribution < 1.29 is 38.1 Å². The first-order valence-corrected chi connectivity index (χ1v) is 11.0. The van der Waals surface area contributed by atoms with Crippen molar-refractivity contribution in [3.8, 4) is 0 Å². The minimum absolute atomic E-state index is 0.102. The Bertz CT molecular complexity index is 939. The Labute approximate surface area is 198 Å². The van der Waals surface area contributed by atoms with Gasteiger partial charge in [-0.3, -0.25) is 4.98 Å². The summed E-state index contributed by atoms with van der Waals surface area (Å²) in [5.41, 5.74) is 1.59. The second-order valence-electron chi connectivity index (χ2n) is 7.52. The van der Waals surface area contributed by atoms with Crippen LogP contribution in [0.5, 0.6) is 0 Å². The molecule has 0 radical (unpaired) electrons. The van der Waals surface area contributed by atoms with Gasteiger partial charge in [0, 0.05) is 23.8 Å². The molecule has 10 heteroatoms. The third-order valence-corrected chi connectivity index (χ3v) is 5.02. The van der Waals surface area contributed by atoms with Crippen LogP contribution < -0.4 is 5.32 Å². The van der Waals surface area contributed by atoms with Gasteiger partial charge in [0.1, 0.15) is 0 Å². The van der Waals surface area contributed by atoms with Crippen LogP contribution in [0.25, 0.3) is 0 Å². The summed E-state index contributed by atoms with van der Waals surface area (Å²) in [5, 5.41) is 3.00. The predicted octanol–water partition coefficient (Wildman–Crippen LogP) is 2.31. The third kappa shape index (κ3) is 6.21. The van der Waals surface area contributed by atoms with Gasteiger partial charge in [0.25, 0.3) is 0 Å². The molecule has 1 aliphatic rings. The molecule has 2 rings (SSSR count). The number of rotatable bonds is 9. The van der Waals surface area contributed by atoms with Crippen LogP contribution in [-0.4, -0.2) is 54.3 Å². The van der Waals surface area contributed by atoms with Crippen LogP contribution >= 0.6 is 0 Å². The van der Waals surface area contributed by atoms with Crippen molar-refractivity contribution in [2.24, 2.45) is 0 Å². The van der Waals surface area contributed by atoms with Gasteiger partial charge in [-0.05, 0) is 53.2 Å². The lowest BCUT2D eigenvalue weighted by Gasteiger charge is -2.31. The Kier molecular flexibility index (Phi) is 9.35. The molecule has 0 aromatic carbocycles. The van der Waals surface area contributed by atoms with E-state index in [9.17, 15) is 19.2 Å². The summed E-state index contributed by atoms with van der Waals surface area (Å²) >= 11 is 0. The van der Waals surface area contributed by atoms with Crippen LogP contribution in [0.3, 0.4) is 0 Å². The Hall–Kier alpha value is -3.69. The van der Waals surface area contributed by atoms with Gasteiger partial charge in [0.15, 0.2) is 12.2 Å². The fourth-order valence-electron chi connectivity index (χ4n) is 3.48. The molecule has 1 aromatic rings. The summed E-state index contributed by atoms with van der Waals surface area (Å²) in [4.78, 5) is 54.5. The van der Waals surface area contributed by atoms with Gasteiger partial charge in [0.2, 0.25) is 0 Å². The van der Waals surface area contributed by atoms with Crippen molar-refractivity contribution in [3.05, 3.63) is 52.6 Å². The first-order valence-electron chi connectivity index (χ1n) is 11.0. The van der Waals surface area contributed by atoms with Gasteiger partial charge >= 0.3 is 23.9 Å². The molecule has 0 amide bonds. The quantitative estimate of drug-likeness (QED) is 0.420. The molecule has 34 heavy (non-hydrogen) atoms. The zero-order chi connectivity index (χ0) is 25.4. The number of nitrogens with zero attached hydrogens (tertiary/aromatic N) is 1. The Morgan fingerprint density at radius 2 is 1.38 bits per heavy atom. The third-order valence-electron chi connectivity index (χ3n) is 5.02. The smallest absolute Gasteiger partial charge is 0.347 e. The van der Waals surface area contributed by atoms with Crippen LogP contribution in [0.1, 0.15) is 53.0 Å². The standard InChI is InChI=1S/C24H30N2O8/c1-7-31-21(27)15(5)33-23(29)18-13(3)26-14(4)19(20(18)17-10-9-11-25-12-17)24(30)34-16(6)22(28)32-8-2/h9-12,15-16,20,26H,7-8H2,1-6H3/t15-,16-/m0/s1. The first kappa shape index (κ1) is 26.6. The average molecular weight is 475 g/mol. The molecule has 1 N–H and O–H groups in total. The molecule has 10 nitrogen and oxygen atoms in total. The van der Waals surface area contributed by atoms with E-state index in [1.807, 2.05) is 0 Å². The largest absolute Gasteiger partial charge is 0.463 e. The van der Waals surface area contributed by atoms with Crippen molar-refractivity contribution in [1.29, 1.82) is 0 Å². The summed E-state index contributed by atoms with van der Waals surface area (Å²) in [6.45, 7) is 9.68. The number of carbonyl (C=O) groups excluding carboxylic acids is 4. The lowest BCUT2D eigenvalue weighted by atomic mass is 9.81. The number of dihydropyridines is 1. The summed E-state index contributed by atoms with van der Waals surface area (Å²) in [5.74, 6) is -3.92. The maximum Gasteiger partial charge on any atom is 0.347 e. The number of nitrogens with one attached hydrogen (secondary N) is 1. The molecular formula is C24H30N2O8. The van der Waals surface area contributed by atoms with Crippen molar-refractivity contribution in [2.45, 2.75) is 59.7 Å². The lowest BCUT2D eigenvalue weighted by Crippen LogP contribution is -2.36. The molecule has 0 saturated heterocycles. The number of esters is 4. The second kappa shape index (κ2) is 12.0. The maximum atomic E-state index is 13.2. The lowest BCUT2D eigenvalue weighted by molar-refractivity contribution is -0.164. The van der Waals surface area contributed by atoms with E-state index in [4.69, 9.17) is 18.9 Å². The summed E-state index contributed by atoms with van der Waals surface area (Å²) < 4.78 is 20.5. The van der Waals surface area contributed by atoms with E-state index in [-0.39, 0.29) is 24.4 Å². The molecule has 0 spiro atoms. The fraction of sp³-hybridized carbons (Fsp3) is 0.458. The van der Waals surface area contributed by atoms with Crippen LogP contribution in [0.4, 0.5) is 0 Å². The summed E-state index contributed by atoms with van der Waals surface area (Å²) in [6, 6.07) is 3.37. The van der Waals surface area contributed by atoms with E-state index in [0.717, 1.165) is 0 Å². The minimum Gasteiger partial charge on any atom is -0.463 e. The molecule has 0 bridgehead atoms. The molecular weight excluding hydrogens is 444 g/mol. The van der Waals surface area contributed by atoms with Gasteiger partial charge in [-0.2, -0.15) is 0 Å². The first-order chi connectivity index (χ1) is 16.1. The van der Waals surface area contributed by atoms with Crippen LogP contribution in [0.2, 0.25) is 0 Å². The maximum absolute atomic E-state index is 13.2. The van der Waals surface area contributed by atoms with Crippen LogP contribution in [0.15, 0.2) is 47.1 Å². The fourth-order valence-corrected chi connectivity index (χ4v) is 3.48. The monoisotopic (exact) mass is 474 g/mol. The van der Waals surface area contributed by atoms with Gasteiger partial charge in [-0.15, -0.1) is 0 Å². The molecule has 0 saturated carbocycles. The van der Waals surface area contributed by atoms with E-state index < -0.39 is 42.0 Å². The minimum atomic E-state index is -1.16. The van der Waals surface area contributed by atoms with E-state index in [2.05, 4.69) is 10.3 Å². The molecule has 2 heterocycles. The van der Waals surface area contributed by atoms with E-state index in [0.29, 0.717) is 17.0 Å². The SMILES string of the molecule is CCOC(=O)[C@H](C)OC(=O)C1=C(C)NC(C)=C(C(=O)O[C@@H](C)C(=O)OCC)C1c1cccnc1. The van der Waals surface area contributed by atoms with Crippen molar-refractivity contribution >= 4 is 23.9 Å². The van der Waals surface area contributed by atoms with Crippen molar-refractivity contribution in [2.75, 3.05) is 13.2 Å². The molecule has 0 fully saturated rings. The van der Waals surface area contributed by atoms with Crippen LogP contribution in [-0.2, 0) is 38.1 Å². The number of allylic oxidation sites excluding steroid dienone is 2. The highest BCUT2D eigenvalue weighted by molar-refractivity contribution is 6.01. The van der Waals surface area contributed by atoms with Gasteiger partial charge < -0.3 is 24.3 Å². The number of carbonyl (C=O) groups is 4. The Morgan fingerprint density at radius 1 is 0.912 bits per heavy atom. The highest BCUT2D eigenvalue weighted by Crippen LogP contribution is 2.39. The molecule has 0 unspecified atom stereocenters. The number of hydrogen-bond acceptors (Lipinski definition) is 10. The predicted molar refractivity (Wildman–Crippen MR) is 120 cm³/mol. The highest BCUT2D eigenvalue weighted by Gasteiger charge is 2.40. The van der Waals surface area contributed by atoms with Gasteiger partial charge in [-0.1, -0.05) is 6.07 Å².